The second-order valence-electron chi connectivity index (χ2n) is 5.10. The van der Waals surface area contributed by atoms with Gasteiger partial charge in [0.25, 0.3) is 0 Å². The van der Waals surface area contributed by atoms with E-state index < -0.39 is 0 Å². The Hall–Kier alpha value is -1.06. The summed E-state index contributed by atoms with van der Waals surface area (Å²) in [4.78, 5) is 24.9. The largest absolute Gasteiger partial charge is 0.355 e. The number of carbonyl (C=O) groups is 2. The number of rotatable bonds is 5. The van der Waals surface area contributed by atoms with E-state index in [9.17, 15) is 9.59 Å². The van der Waals surface area contributed by atoms with Gasteiger partial charge in [0.05, 0.1) is 0 Å². The van der Waals surface area contributed by atoms with Crippen molar-refractivity contribution in [1.82, 2.24) is 10.2 Å². The number of carbonyl (C=O) groups excluding carboxylic acids is 2. The third-order valence-electron chi connectivity index (χ3n) is 3.57. The highest BCUT2D eigenvalue weighted by Gasteiger charge is 2.38. The molecule has 0 aromatic rings. The Morgan fingerprint density at radius 2 is 2.00 bits per heavy atom. The zero-order valence-corrected chi connectivity index (χ0v) is 10.0. The van der Waals surface area contributed by atoms with Crippen LogP contribution in [0.15, 0.2) is 0 Å². The standard InChI is InChI=1S/C12H20N2O2/c1-8-7-10(8)12(16)13-6-5-11(15)14(2)9-3-4-9/h8-10H,3-7H2,1-2H3,(H,13,16)/t8-,10-/m0/s1. The van der Waals surface area contributed by atoms with Crippen LogP contribution in [-0.4, -0.2) is 36.3 Å². The van der Waals surface area contributed by atoms with Crippen LogP contribution in [0.1, 0.15) is 32.6 Å². The smallest absolute Gasteiger partial charge is 0.224 e. The summed E-state index contributed by atoms with van der Waals surface area (Å²) in [5.41, 5.74) is 0. The quantitative estimate of drug-likeness (QED) is 0.750. The van der Waals surface area contributed by atoms with Gasteiger partial charge >= 0.3 is 0 Å². The van der Waals surface area contributed by atoms with Crippen LogP contribution < -0.4 is 5.32 Å². The van der Waals surface area contributed by atoms with Gasteiger partial charge in [-0.2, -0.15) is 0 Å². The number of hydrogen-bond donors (Lipinski definition) is 1. The van der Waals surface area contributed by atoms with E-state index in [-0.39, 0.29) is 17.7 Å². The molecule has 0 radical (unpaired) electrons. The van der Waals surface area contributed by atoms with Gasteiger partial charge in [0.2, 0.25) is 11.8 Å². The van der Waals surface area contributed by atoms with E-state index >= 15 is 0 Å². The summed E-state index contributed by atoms with van der Waals surface area (Å²) in [5.74, 6) is 1.00. The van der Waals surface area contributed by atoms with E-state index in [2.05, 4.69) is 12.2 Å². The van der Waals surface area contributed by atoms with Crippen LogP contribution in [-0.2, 0) is 9.59 Å². The number of nitrogens with zero attached hydrogens (tertiary/aromatic N) is 1. The zero-order chi connectivity index (χ0) is 11.7. The highest BCUT2D eigenvalue weighted by atomic mass is 16.2. The monoisotopic (exact) mass is 224 g/mol. The van der Waals surface area contributed by atoms with Gasteiger partial charge in [0.15, 0.2) is 0 Å². The number of amides is 2. The van der Waals surface area contributed by atoms with Crippen molar-refractivity contribution in [2.75, 3.05) is 13.6 Å². The van der Waals surface area contributed by atoms with E-state index in [0.717, 1.165) is 19.3 Å². The maximum Gasteiger partial charge on any atom is 0.224 e. The van der Waals surface area contributed by atoms with Gasteiger partial charge in [-0.15, -0.1) is 0 Å². The topological polar surface area (TPSA) is 49.4 Å². The lowest BCUT2D eigenvalue weighted by atomic mass is 10.3. The molecule has 2 aliphatic carbocycles. The van der Waals surface area contributed by atoms with E-state index in [4.69, 9.17) is 0 Å². The van der Waals surface area contributed by atoms with Gasteiger partial charge in [-0.3, -0.25) is 9.59 Å². The maximum absolute atomic E-state index is 11.6. The minimum atomic E-state index is 0.120. The molecule has 0 aromatic heterocycles. The van der Waals surface area contributed by atoms with Crippen molar-refractivity contribution in [2.45, 2.75) is 38.6 Å². The summed E-state index contributed by atoms with van der Waals surface area (Å²) in [7, 11) is 1.85. The van der Waals surface area contributed by atoms with Crippen molar-refractivity contribution >= 4 is 11.8 Å². The fourth-order valence-electron chi connectivity index (χ4n) is 1.95. The first-order valence-electron chi connectivity index (χ1n) is 6.13. The van der Waals surface area contributed by atoms with Gasteiger partial charge in [-0.05, 0) is 25.2 Å². The molecule has 2 saturated carbocycles. The van der Waals surface area contributed by atoms with Crippen molar-refractivity contribution in [2.24, 2.45) is 11.8 Å². The van der Waals surface area contributed by atoms with Crippen LogP contribution in [0, 0.1) is 11.8 Å². The molecule has 0 saturated heterocycles. The zero-order valence-electron chi connectivity index (χ0n) is 10.0. The Balaban J connectivity index is 1.60. The summed E-state index contributed by atoms with van der Waals surface area (Å²) < 4.78 is 0. The van der Waals surface area contributed by atoms with Crippen molar-refractivity contribution in [3.05, 3.63) is 0 Å². The van der Waals surface area contributed by atoms with Crippen LogP contribution in [0.5, 0.6) is 0 Å². The minimum Gasteiger partial charge on any atom is -0.355 e. The third kappa shape index (κ3) is 2.74. The van der Waals surface area contributed by atoms with Gasteiger partial charge < -0.3 is 10.2 Å². The SMILES string of the molecule is C[C@H]1C[C@@H]1C(=O)NCCC(=O)N(C)C1CC1. The molecule has 0 aromatic carbocycles. The molecule has 2 atom stereocenters. The molecule has 0 bridgehead atoms. The van der Waals surface area contributed by atoms with E-state index in [1.807, 2.05) is 11.9 Å². The molecule has 90 valence electrons. The van der Waals surface area contributed by atoms with Gasteiger partial charge in [-0.1, -0.05) is 6.92 Å². The predicted molar refractivity (Wildman–Crippen MR) is 60.7 cm³/mol. The second kappa shape index (κ2) is 4.44. The van der Waals surface area contributed by atoms with Crippen LogP contribution in [0.2, 0.25) is 0 Å². The molecule has 16 heavy (non-hydrogen) atoms. The number of hydrogen-bond acceptors (Lipinski definition) is 2. The number of nitrogens with one attached hydrogen (secondary N) is 1. The summed E-state index contributed by atoms with van der Waals surface area (Å²) in [6.45, 7) is 2.56. The van der Waals surface area contributed by atoms with Gasteiger partial charge in [0, 0.05) is 32.0 Å². The van der Waals surface area contributed by atoms with E-state index in [1.54, 1.807) is 0 Å². The Bertz CT molecular complexity index is 299. The third-order valence-corrected chi connectivity index (χ3v) is 3.57. The van der Waals surface area contributed by atoms with Crippen molar-refractivity contribution in [1.29, 1.82) is 0 Å². The van der Waals surface area contributed by atoms with Gasteiger partial charge in [0.1, 0.15) is 0 Å². The average Bonchev–Trinajstić information content (AvgIpc) is 3.09. The first kappa shape index (κ1) is 11.4. The summed E-state index contributed by atoms with van der Waals surface area (Å²) in [5, 5.41) is 2.83. The molecule has 4 nitrogen and oxygen atoms in total. The average molecular weight is 224 g/mol. The van der Waals surface area contributed by atoms with Crippen LogP contribution in [0.25, 0.3) is 0 Å². The normalized spacial score (nSPS) is 27.4. The lowest BCUT2D eigenvalue weighted by molar-refractivity contribution is -0.130. The van der Waals surface area contributed by atoms with Gasteiger partial charge in [-0.25, -0.2) is 0 Å². The Labute approximate surface area is 96.4 Å². The highest BCUT2D eigenvalue weighted by Crippen LogP contribution is 2.37. The molecule has 2 rings (SSSR count). The molecule has 2 amide bonds. The first-order valence-corrected chi connectivity index (χ1v) is 6.13. The molecule has 0 spiro atoms. The Morgan fingerprint density at radius 1 is 1.38 bits per heavy atom. The molecule has 0 aliphatic heterocycles. The van der Waals surface area contributed by atoms with Crippen LogP contribution in [0.4, 0.5) is 0 Å². The molecule has 2 fully saturated rings. The summed E-state index contributed by atoms with van der Waals surface area (Å²) in [6, 6.07) is 0.464. The summed E-state index contributed by atoms with van der Waals surface area (Å²) in [6.07, 6.45) is 3.70. The molecule has 2 aliphatic rings. The second-order valence-corrected chi connectivity index (χ2v) is 5.10. The highest BCUT2D eigenvalue weighted by molar-refractivity contribution is 5.82. The lowest BCUT2D eigenvalue weighted by Crippen LogP contribution is -2.33. The fraction of sp³-hybridized carbons (Fsp3) is 0.833. The molecule has 1 N–H and O–H groups in total. The fourth-order valence-corrected chi connectivity index (χ4v) is 1.95. The molecule has 4 heteroatoms. The lowest BCUT2D eigenvalue weighted by Gasteiger charge is -2.16. The van der Waals surface area contributed by atoms with Crippen molar-refractivity contribution in [3.63, 3.8) is 0 Å². The van der Waals surface area contributed by atoms with Crippen molar-refractivity contribution < 1.29 is 9.59 Å². The Morgan fingerprint density at radius 3 is 2.50 bits per heavy atom. The van der Waals surface area contributed by atoms with Crippen LogP contribution in [0.3, 0.4) is 0 Å². The molecular formula is C12H20N2O2. The van der Waals surface area contributed by atoms with Crippen molar-refractivity contribution in [3.8, 4) is 0 Å². The Kier molecular flexibility index (Phi) is 3.17. The summed E-state index contributed by atoms with van der Waals surface area (Å²) >= 11 is 0. The minimum absolute atomic E-state index is 0.120. The molecular weight excluding hydrogens is 204 g/mol. The van der Waals surface area contributed by atoms with E-state index in [1.165, 1.54) is 0 Å². The predicted octanol–water partition coefficient (Wildman–Crippen LogP) is 0.769. The van der Waals surface area contributed by atoms with E-state index in [0.29, 0.717) is 24.9 Å². The van der Waals surface area contributed by atoms with Crippen LogP contribution >= 0.6 is 0 Å². The molecule has 0 heterocycles. The first-order chi connectivity index (χ1) is 7.59. The molecule has 0 unspecified atom stereocenters. The maximum atomic E-state index is 11.6.